The van der Waals surface area contributed by atoms with Crippen molar-refractivity contribution in [2.75, 3.05) is 0 Å². The fourth-order valence-corrected chi connectivity index (χ4v) is 1.12. The van der Waals surface area contributed by atoms with E-state index >= 15 is 0 Å². The lowest BCUT2D eigenvalue weighted by atomic mass is 10.2. The van der Waals surface area contributed by atoms with Gasteiger partial charge >= 0.3 is 0 Å². The van der Waals surface area contributed by atoms with Gasteiger partial charge in [0.15, 0.2) is 0 Å². The lowest BCUT2D eigenvalue weighted by Gasteiger charge is -1.85. The summed E-state index contributed by atoms with van der Waals surface area (Å²) in [6, 6.07) is 3.87. The second kappa shape index (κ2) is 2.71. The number of aromatic amines is 1. The summed E-state index contributed by atoms with van der Waals surface area (Å²) in [6.45, 7) is 1.81. The minimum Gasteiger partial charge on any atom is -0.337 e. The topological polar surface area (TPSA) is 28.7 Å². The van der Waals surface area contributed by atoms with E-state index in [9.17, 15) is 0 Å². The van der Waals surface area contributed by atoms with Crippen molar-refractivity contribution in [3.8, 4) is 11.8 Å². The summed E-state index contributed by atoms with van der Waals surface area (Å²) in [5, 5.41) is 1.03. The molecule has 2 heterocycles. The Morgan fingerprint density at radius 3 is 3.33 bits per heavy atom. The number of nitrogens with one attached hydrogen (secondary N) is 1. The van der Waals surface area contributed by atoms with Crippen LogP contribution < -0.4 is 0 Å². The molecular formula is C10H7N2. The molecule has 0 saturated heterocycles. The maximum Gasteiger partial charge on any atom is 0.139 e. The largest absolute Gasteiger partial charge is 0.337 e. The van der Waals surface area contributed by atoms with Gasteiger partial charge in [-0.1, -0.05) is 5.92 Å². The van der Waals surface area contributed by atoms with Crippen LogP contribution in [0.2, 0.25) is 0 Å². The fraction of sp³-hybridized carbons (Fsp3) is 0.100. The monoisotopic (exact) mass is 155 g/mol. The second-order valence-corrected chi connectivity index (χ2v) is 2.40. The maximum atomic E-state index is 4.13. The first kappa shape index (κ1) is 6.93. The van der Waals surface area contributed by atoms with E-state index in [4.69, 9.17) is 0 Å². The number of fused-ring (bicyclic) bond motifs is 1. The third-order valence-corrected chi connectivity index (χ3v) is 1.63. The van der Waals surface area contributed by atoms with Crippen molar-refractivity contribution in [1.29, 1.82) is 0 Å². The fourth-order valence-electron chi connectivity index (χ4n) is 1.12. The summed E-state index contributed by atoms with van der Waals surface area (Å²) < 4.78 is 0. The first-order valence-corrected chi connectivity index (χ1v) is 3.69. The molecule has 1 radical (unpaired) electrons. The number of hydrogen-bond donors (Lipinski definition) is 1. The Bertz CT molecular complexity index is 457. The van der Waals surface area contributed by atoms with Crippen molar-refractivity contribution in [2.24, 2.45) is 0 Å². The summed E-state index contributed by atoms with van der Waals surface area (Å²) in [5.74, 6) is 5.79. The SMILES string of the molecule is CC#Cc1[c][nH]c2ncccc12. The molecule has 12 heavy (non-hydrogen) atoms. The van der Waals surface area contributed by atoms with E-state index in [1.54, 1.807) is 6.20 Å². The van der Waals surface area contributed by atoms with Crippen LogP contribution in [0.1, 0.15) is 12.5 Å². The maximum absolute atomic E-state index is 4.13. The Morgan fingerprint density at radius 1 is 1.58 bits per heavy atom. The van der Waals surface area contributed by atoms with E-state index in [1.165, 1.54) is 0 Å². The normalized spacial score (nSPS) is 9.42. The average molecular weight is 155 g/mol. The summed E-state index contributed by atoms with van der Waals surface area (Å²) in [7, 11) is 0. The highest BCUT2D eigenvalue weighted by molar-refractivity contribution is 5.82. The van der Waals surface area contributed by atoms with Gasteiger partial charge in [0.05, 0.1) is 11.8 Å². The van der Waals surface area contributed by atoms with Gasteiger partial charge < -0.3 is 4.98 Å². The Hall–Kier alpha value is -1.75. The van der Waals surface area contributed by atoms with E-state index in [-0.39, 0.29) is 0 Å². The Labute approximate surface area is 70.6 Å². The molecule has 1 N–H and O–H groups in total. The van der Waals surface area contributed by atoms with Crippen LogP contribution in [0.25, 0.3) is 11.0 Å². The highest BCUT2D eigenvalue weighted by Crippen LogP contribution is 2.13. The van der Waals surface area contributed by atoms with Crippen molar-refractivity contribution in [2.45, 2.75) is 6.92 Å². The molecule has 0 aliphatic rings. The molecule has 57 valence electrons. The van der Waals surface area contributed by atoms with Gasteiger partial charge in [0.2, 0.25) is 0 Å². The number of aromatic nitrogens is 2. The number of nitrogens with zero attached hydrogens (tertiary/aromatic N) is 1. The van der Waals surface area contributed by atoms with Gasteiger partial charge in [-0.3, -0.25) is 0 Å². The molecule has 0 bridgehead atoms. The molecule has 0 fully saturated rings. The number of rotatable bonds is 0. The van der Waals surface area contributed by atoms with Crippen molar-refractivity contribution in [3.63, 3.8) is 0 Å². The van der Waals surface area contributed by atoms with E-state index in [1.807, 2.05) is 19.1 Å². The minimum absolute atomic E-state index is 0.843. The standard InChI is InChI=1S/C10H7N2/c1-2-4-8-7-12-10-9(8)5-3-6-11-10/h3,5-6H,1H3,(H,11,12). The first-order valence-electron chi connectivity index (χ1n) is 3.69. The van der Waals surface area contributed by atoms with Crippen molar-refractivity contribution in [3.05, 3.63) is 30.1 Å². The average Bonchev–Trinajstić information content (AvgIpc) is 2.50. The van der Waals surface area contributed by atoms with Crippen LogP contribution in [0.5, 0.6) is 0 Å². The van der Waals surface area contributed by atoms with Crippen LogP contribution >= 0.6 is 0 Å². The van der Waals surface area contributed by atoms with Crippen molar-refractivity contribution < 1.29 is 0 Å². The highest BCUT2D eigenvalue weighted by atomic mass is 14.8. The van der Waals surface area contributed by atoms with Gasteiger partial charge in [-0.25, -0.2) is 4.98 Å². The number of pyridine rings is 1. The number of hydrogen-bond acceptors (Lipinski definition) is 1. The zero-order valence-corrected chi connectivity index (χ0v) is 6.68. The van der Waals surface area contributed by atoms with Crippen LogP contribution in [-0.2, 0) is 0 Å². The van der Waals surface area contributed by atoms with Crippen LogP contribution in [0, 0.1) is 18.0 Å². The summed E-state index contributed by atoms with van der Waals surface area (Å²) in [4.78, 5) is 7.06. The molecule has 0 aliphatic heterocycles. The zero-order chi connectivity index (χ0) is 8.39. The van der Waals surface area contributed by atoms with Gasteiger partial charge in [-0.15, -0.1) is 5.92 Å². The summed E-state index contributed by atoms with van der Waals surface area (Å²) >= 11 is 0. The molecule has 0 atom stereocenters. The molecular weight excluding hydrogens is 148 g/mol. The lowest BCUT2D eigenvalue weighted by molar-refractivity contribution is 1.32. The molecule has 0 saturated carbocycles. The van der Waals surface area contributed by atoms with Crippen LogP contribution in [-0.4, -0.2) is 9.97 Å². The summed E-state index contributed by atoms with van der Waals surface area (Å²) in [6.07, 6.45) is 4.70. The van der Waals surface area contributed by atoms with Gasteiger partial charge in [-0.05, 0) is 19.1 Å². The zero-order valence-electron chi connectivity index (χ0n) is 6.68. The predicted octanol–water partition coefficient (Wildman–Crippen LogP) is 1.73. The van der Waals surface area contributed by atoms with Gasteiger partial charge in [0.1, 0.15) is 5.65 Å². The van der Waals surface area contributed by atoms with E-state index in [2.05, 4.69) is 28.0 Å². The highest BCUT2D eigenvalue weighted by Gasteiger charge is 1.99. The molecule has 0 unspecified atom stereocenters. The molecule has 2 heteroatoms. The molecule has 2 aromatic rings. The van der Waals surface area contributed by atoms with Gasteiger partial charge in [0, 0.05) is 11.6 Å². The van der Waals surface area contributed by atoms with E-state index in [0.29, 0.717) is 0 Å². The van der Waals surface area contributed by atoms with Gasteiger partial charge in [0.25, 0.3) is 0 Å². The second-order valence-electron chi connectivity index (χ2n) is 2.40. The Morgan fingerprint density at radius 2 is 2.50 bits per heavy atom. The smallest absolute Gasteiger partial charge is 0.139 e. The third-order valence-electron chi connectivity index (χ3n) is 1.63. The van der Waals surface area contributed by atoms with E-state index < -0.39 is 0 Å². The quantitative estimate of drug-likeness (QED) is 0.577. The molecule has 2 rings (SSSR count). The molecule has 0 spiro atoms. The first-order chi connectivity index (χ1) is 5.92. The van der Waals surface area contributed by atoms with Crippen LogP contribution in [0.15, 0.2) is 18.3 Å². The molecule has 2 nitrogen and oxygen atoms in total. The Kier molecular flexibility index (Phi) is 1.56. The third kappa shape index (κ3) is 0.960. The Balaban J connectivity index is 2.76. The lowest BCUT2D eigenvalue weighted by Crippen LogP contribution is -1.73. The van der Waals surface area contributed by atoms with Crippen molar-refractivity contribution in [1.82, 2.24) is 9.97 Å². The van der Waals surface area contributed by atoms with Gasteiger partial charge in [-0.2, -0.15) is 0 Å². The molecule has 0 aliphatic carbocycles. The van der Waals surface area contributed by atoms with E-state index in [0.717, 1.165) is 16.6 Å². The predicted molar refractivity (Wildman–Crippen MR) is 47.5 cm³/mol. The van der Waals surface area contributed by atoms with Crippen molar-refractivity contribution >= 4 is 11.0 Å². The molecule has 0 aromatic carbocycles. The van der Waals surface area contributed by atoms with Crippen LogP contribution in [0.4, 0.5) is 0 Å². The van der Waals surface area contributed by atoms with Crippen LogP contribution in [0.3, 0.4) is 0 Å². The minimum atomic E-state index is 0.843. The number of H-pyrrole nitrogens is 1. The molecule has 0 amide bonds. The summed E-state index contributed by atoms with van der Waals surface area (Å²) in [5.41, 5.74) is 1.73. The molecule has 2 aromatic heterocycles.